The van der Waals surface area contributed by atoms with E-state index in [1.54, 1.807) is 0 Å². The van der Waals surface area contributed by atoms with E-state index in [9.17, 15) is 0 Å². The Hall–Kier alpha value is 3.70. The zero-order valence-electron chi connectivity index (χ0n) is 0.816. The Bertz CT molecular complexity index is 6.00. The Labute approximate surface area is 114 Å². The van der Waals surface area contributed by atoms with Gasteiger partial charge in [-0.3, -0.25) is 0 Å². The maximum absolute atomic E-state index is 0. The molecule has 0 aromatic rings. The third kappa shape index (κ3) is 9.20. The van der Waals surface area contributed by atoms with Gasteiger partial charge in [-0.15, -0.1) is 34.0 Å². The van der Waals surface area contributed by atoms with Crippen LogP contribution in [0.2, 0.25) is 0 Å². The minimum atomic E-state index is 0. The van der Waals surface area contributed by atoms with Gasteiger partial charge in [0.05, 0.1) is 0 Å². The first-order valence-corrected chi connectivity index (χ1v) is 0. The van der Waals surface area contributed by atoms with Gasteiger partial charge in [0.15, 0.2) is 0 Å². The van der Waals surface area contributed by atoms with Crippen molar-refractivity contribution in [2.45, 2.75) is 0 Å². The summed E-state index contributed by atoms with van der Waals surface area (Å²) in [6.45, 7) is 0. The van der Waals surface area contributed by atoms with Crippen LogP contribution in [0.15, 0.2) is 0 Å². The van der Waals surface area contributed by atoms with Gasteiger partial charge in [0.1, 0.15) is 0 Å². The average molecular weight is 294 g/mol. The van der Waals surface area contributed by atoms with Crippen LogP contribution < -0.4 is 0 Å². The summed E-state index contributed by atoms with van der Waals surface area (Å²) in [4.78, 5) is 0. The van der Waals surface area contributed by atoms with Gasteiger partial charge in [-0.1, -0.05) is 0 Å². The van der Waals surface area contributed by atoms with E-state index >= 15 is 0 Å². The van der Waals surface area contributed by atoms with Crippen molar-refractivity contribution in [1.29, 1.82) is 0 Å². The van der Waals surface area contributed by atoms with Gasteiger partial charge in [0, 0.05) is 0 Å². The average Bonchev–Trinajstić information content (AvgIpc) is 0. The minimum absolute atomic E-state index is 0. The van der Waals surface area contributed by atoms with E-state index in [0.717, 1.165) is 0 Å². The van der Waals surface area contributed by atoms with Crippen LogP contribution in [0.1, 0.15) is 0 Å². The van der Waals surface area contributed by atoms with E-state index in [-0.39, 0.29) is 117 Å². The topological polar surface area (TPSA) is 0 Å². The third-order valence-electron chi connectivity index (χ3n) is 0. The SMILES string of the molecule is Br.Br.[CaH2].[SrH2]. The van der Waals surface area contributed by atoms with Crippen molar-refractivity contribution >= 4 is 117 Å². The summed E-state index contributed by atoms with van der Waals surface area (Å²) in [6, 6.07) is 0. The summed E-state index contributed by atoms with van der Waals surface area (Å²) in [7, 11) is 0. The van der Waals surface area contributed by atoms with Crippen molar-refractivity contribution in [3.63, 3.8) is 0 Å². The fraction of sp³-hybridized carbons (Fsp3) is 0. The van der Waals surface area contributed by atoms with Gasteiger partial charge in [0.2, 0.25) is 0 Å². The Morgan fingerprint density at radius 1 is 0.750 bits per heavy atom. The van der Waals surface area contributed by atoms with E-state index in [2.05, 4.69) is 0 Å². The first-order valence-electron chi connectivity index (χ1n) is 0. The molecule has 24 valence electrons. The summed E-state index contributed by atoms with van der Waals surface area (Å²) in [5.41, 5.74) is 0. The second-order valence-corrected chi connectivity index (χ2v) is 0. The normalized spacial score (nSPS) is 0. The van der Waals surface area contributed by atoms with E-state index < -0.39 is 0 Å². The molecule has 0 fully saturated rings. The van der Waals surface area contributed by atoms with Gasteiger partial charge < -0.3 is 0 Å². The molecule has 0 rings (SSSR count). The summed E-state index contributed by atoms with van der Waals surface area (Å²) in [5, 5.41) is 0. The van der Waals surface area contributed by atoms with Crippen molar-refractivity contribution in [3.8, 4) is 0 Å². The quantitative estimate of drug-likeness (QED) is 0.520. The van der Waals surface area contributed by atoms with Gasteiger partial charge >= 0.3 is 83.2 Å². The second-order valence-electron chi connectivity index (χ2n) is 0. The predicted octanol–water partition coefficient (Wildman–Crippen LogP) is -0.677. The van der Waals surface area contributed by atoms with E-state index in [1.807, 2.05) is 0 Å². The molecular weight excluding hydrogens is 288 g/mol. The number of halogens is 2. The number of hydrogen-bond acceptors (Lipinski definition) is 0. The van der Waals surface area contributed by atoms with Gasteiger partial charge in [-0.25, -0.2) is 0 Å². The molecule has 0 heterocycles. The molecule has 0 spiro atoms. The molecule has 0 saturated carbocycles. The molecule has 0 nitrogen and oxygen atoms in total. The molecule has 0 atom stereocenters. The molecule has 0 bridgehead atoms. The fourth-order valence-electron chi connectivity index (χ4n) is 0. The second kappa shape index (κ2) is 15.9. The molecule has 0 aromatic heterocycles. The monoisotopic (exact) mass is 292 g/mol. The molecular formula is H6Br2CaSr. The van der Waals surface area contributed by atoms with Crippen LogP contribution in [0.3, 0.4) is 0 Å². The molecule has 0 aliphatic carbocycles. The van der Waals surface area contributed by atoms with E-state index in [4.69, 9.17) is 0 Å². The molecule has 0 saturated heterocycles. The van der Waals surface area contributed by atoms with Crippen molar-refractivity contribution in [2.24, 2.45) is 0 Å². The molecule has 0 amide bonds. The van der Waals surface area contributed by atoms with Crippen molar-refractivity contribution in [3.05, 3.63) is 0 Å². The van der Waals surface area contributed by atoms with Crippen LogP contribution in [-0.4, -0.2) is 83.2 Å². The zero-order chi connectivity index (χ0) is 0. The Balaban J connectivity index is 0. The van der Waals surface area contributed by atoms with Gasteiger partial charge in [-0.05, 0) is 0 Å². The molecule has 0 aliphatic rings. The van der Waals surface area contributed by atoms with Gasteiger partial charge in [-0.2, -0.15) is 0 Å². The summed E-state index contributed by atoms with van der Waals surface area (Å²) in [6.07, 6.45) is 0. The molecule has 4 heavy (non-hydrogen) atoms. The van der Waals surface area contributed by atoms with E-state index in [1.165, 1.54) is 0 Å². The first-order chi connectivity index (χ1) is 0. The summed E-state index contributed by atoms with van der Waals surface area (Å²) in [5.74, 6) is 0. The molecule has 0 aliphatic heterocycles. The predicted molar refractivity (Wildman–Crippen MR) is 37.7 cm³/mol. The van der Waals surface area contributed by atoms with Crippen molar-refractivity contribution in [2.75, 3.05) is 0 Å². The Morgan fingerprint density at radius 2 is 0.750 bits per heavy atom. The van der Waals surface area contributed by atoms with Crippen LogP contribution in [0, 0.1) is 0 Å². The van der Waals surface area contributed by atoms with Crippen LogP contribution in [0.5, 0.6) is 0 Å². The molecule has 0 aromatic carbocycles. The maximum atomic E-state index is 0. The summed E-state index contributed by atoms with van der Waals surface area (Å²) < 4.78 is 0. The van der Waals surface area contributed by atoms with Crippen LogP contribution >= 0.6 is 34.0 Å². The number of hydrogen-bond donors (Lipinski definition) is 0. The molecule has 0 radical (unpaired) electrons. The van der Waals surface area contributed by atoms with Crippen LogP contribution in [-0.2, 0) is 0 Å². The third-order valence-corrected chi connectivity index (χ3v) is 0. The standard InChI is InChI=1S/2BrH.Ca.Sr.4H/h2*1H;;;;;;. The van der Waals surface area contributed by atoms with Crippen molar-refractivity contribution < 1.29 is 0 Å². The number of rotatable bonds is 0. The Morgan fingerprint density at radius 3 is 0.750 bits per heavy atom. The molecule has 0 N–H and O–H groups in total. The first kappa shape index (κ1) is 25.2. The fourth-order valence-corrected chi connectivity index (χ4v) is 0. The Kier molecular flexibility index (Phi) is 100. The van der Waals surface area contributed by atoms with E-state index in [0.29, 0.717) is 0 Å². The summed E-state index contributed by atoms with van der Waals surface area (Å²) >= 11 is 0. The molecule has 4 heteroatoms. The van der Waals surface area contributed by atoms with Gasteiger partial charge in [0.25, 0.3) is 0 Å². The zero-order valence-corrected chi connectivity index (χ0v) is 4.24. The van der Waals surface area contributed by atoms with Crippen molar-refractivity contribution in [1.82, 2.24) is 0 Å². The van der Waals surface area contributed by atoms with Crippen LogP contribution in [0.25, 0.3) is 0 Å². The molecule has 0 unspecified atom stereocenters. The van der Waals surface area contributed by atoms with Crippen LogP contribution in [0.4, 0.5) is 0 Å².